The highest BCUT2D eigenvalue weighted by molar-refractivity contribution is 7.22. The average Bonchev–Trinajstić information content (AvgIpc) is 3.03. The highest BCUT2D eigenvalue weighted by Gasteiger charge is 2.18. The number of hydrogen-bond donors (Lipinski definition) is 2. The number of anilines is 1. The van der Waals surface area contributed by atoms with Gasteiger partial charge in [0.25, 0.3) is 5.91 Å². The molecule has 2 N–H and O–H groups in total. The SMILES string of the molecule is COc1cccc2nc(NC(=O)c3cccc4c3CNCC4)sc12. The Morgan fingerprint density at radius 2 is 2.17 bits per heavy atom. The van der Waals surface area contributed by atoms with Gasteiger partial charge < -0.3 is 10.1 Å². The molecule has 0 aliphatic carbocycles. The maximum atomic E-state index is 12.7. The summed E-state index contributed by atoms with van der Waals surface area (Å²) in [7, 11) is 1.63. The Hall–Kier alpha value is -2.44. The molecule has 0 atom stereocenters. The summed E-state index contributed by atoms with van der Waals surface area (Å²) in [6.07, 6.45) is 0.953. The average molecular weight is 339 g/mol. The normalized spacial score (nSPS) is 13.5. The number of carbonyl (C=O) groups excluding carboxylic acids is 1. The molecule has 0 radical (unpaired) electrons. The van der Waals surface area contributed by atoms with Crippen molar-refractivity contribution >= 4 is 32.6 Å². The Labute approximate surface area is 143 Å². The first-order valence-electron chi connectivity index (χ1n) is 7.82. The zero-order valence-corrected chi connectivity index (χ0v) is 14.1. The fourth-order valence-electron chi connectivity index (χ4n) is 3.03. The Morgan fingerprint density at radius 3 is 3.04 bits per heavy atom. The number of nitrogens with zero attached hydrogens (tertiary/aromatic N) is 1. The molecule has 24 heavy (non-hydrogen) atoms. The van der Waals surface area contributed by atoms with E-state index in [-0.39, 0.29) is 5.91 Å². The summed E-state index contributed by atoms with van der Waals surface area (Å²) < 4.78 is 6.29. The van der Waals surface area contributed by atoms with Gasteiger partial charge >= 0.3 is 0 Å². The molecule has 0 saturated heterocycles. The van der Waals surface area contributed by atoms with E-state index in [9.17, 15) is 4.79 Å². The molecule has 0 bridgehead atoms. The van der Waals surface area contributed by atoms with Crippen LogP contribution in [0.25, 0.3) is 10.2 Å². The minimum atomic E-state index is -0.117. The van der Waals surface area contributed by atoms with E-state index < -0.39 is 0 Å². The second-order valence-corrected chi connectivity index (χ2v) is 6.65. The molecule has 0 fully saturated rings. The van der Waals surface area contributed by atoms with Gasteiger partial charge in [-0.2, -0.15) is 0 Å². The molecule has 0 saturated carbocycles. The predicted molar refractivity (Wildman–Crippen MR) is 96.0 cm³/mol. The van der Waals surface area contributed by atoms with E-state index >= 15 is 0 Å². The molecule has 5 nitrogen and oxygen atoms in total. The number of aromatic nitrogens is 1. The highest BCUT2D eigenvalue weighted by atomic mass is 32.1. The molecule has 122 valence electrons. The van der Waals surface area contributed by atoms with Crippen LogP contribution in [0.15, 0.2) is 36.4 Å². The third kappa shape index (κ3) is 2.64. The van der Waals surface area contributed by atoms with E-state index in [0.717, 1.165) is 41.0 Å². The lowest BCUT2D eigenvalue weighted by atomic mass is 9.95. The van der Waals surface area contributed by atoms with Gasteiger partial charge in [0, 0.05) is 12.1 Å². The van der Waals surface area contributed by atoms with Gasteiger partial charge in [0.1, 0.15) is 5.75 Å². The van der Waals surface area contributed by atoms with Crippen LogP contribution in [0.1, 0.15) is 21.5 Å². The summed E-state index contributed by atoms with van der Waals surface area (Å²) in [6, 6.07) is 11.6. The number of carbonyl (C=O) groups is 1. The number of hydrogen-bond acceptors (Lipinski definition) is 5. The zero-order valence-electron chi connectivity index (χ0n) is 13.3. The van der Waals surface area contributed by atoms with Gasteiger partial charge in [-0.25, -0.2) is 4.98 Å². The first-order chi connectivity index (χ1) is 11.8. The Kier molecular flexibility index (Phi) is 3.92. The van der Waals surface area contributed by atoms with Crippen LogP contribution < -0.4 is 15.4 Å². The van der Waals surface area contributed by atoms with Crippen LogP contribution in [0.2, 0.25) is 0 Å². The smallest absolute Gasteiger partial charge is 0.257 e. The van der Waals surface area contributed by atoms with Crippen LogP contribution in [0.3, 0.4) is 0 Å². The van der Waals surface area contributed by atoms with Crippen molar-refractivity contribution in [3.8, 4) is 5.75 Å². The van der Waals surface area contributed by atoms with Gasteiger partial charge in [0.05, 0.1) is 17.3 Å². The fourth-order valence-corrected chi connectivity index (χ4v) is 3.98. The van der Waals surface area contributed by atoms with Crippen molar-refractivity contribution in [1.29, 1.82) is 0 Å². The standard InChI is InChI=1S/C18H17N3O2S/c1-23-15-7-3-6-14-16(15)24-18(20-14)21-17(22)12-5-2-4-11-8-9-19-10-13(11)12/h2-7,19H,8-10H2,1H3,(H,20,21,22). The molecule has 0 unspecified atom stereocenters. The van der Waals surface area contributed by atoms with E-state index in [0.29, 0.717) is 10.7 Å². The van der Waals surface area contributed by atoms with Gasteiger partial charge in [-0.15, -0.1) is 0 Å². The lowest BCUT2D eigenvalue weighted by molar-refractivity contribution is 0.102. The van der Waals surface area contributed by atoms with Crippen LogP contribution in [0, 0.1) is 0 Å². The molecule has 4 rings (SSSR count). The first-order valence-corrected chi connectivity index (χ1v) is 8.64. The van der Waals surface area contributed by atoms with Gasteiger partial charge in [-0.3, -0.25) is 10.1 Å². The number of amides is 1. The van der Waals surface area contributed by atoms with E-state index in [4.69, 9.17) is 4.74 Å². The summed E-state index contributed by atoms with van der Waals surface area (Å²) >= 11 is 1.43. The number of methoxy groups -OCH3 is 1. The molecule has 1 aliphatic rings. The predicted octanol–water partition coefficient (Wildman–Crippen LogP) is 3.20. The molecule has 1 aliphatic heterocycles. The summed E-state index contributed by atoms with van der Waals surface area (Å²) in [6.45, 7) is 1.68. The largest absolute Gasteiger partial charge is 0.495 e. The van der Waals surface area contributed by atoms with Crippen molar-refractivity contribution in [2.24, 2.45) is 0 Å². The van der Waals surface area contributed by atoms with Crippen molar-refractivity contribution < 1.29 is 9.53 Å². The van der Waals surface area contributed by atoms with Crippen LogP contribution in [-0.2, 0) is 13.0 Å². The zero-order chi connectivity index (χ0) is 16.5. The van der Waals surface area contributed by atoms with Crippen LogP contribution in [-0.4, -0.2) is 24.5 Å². The number of thiazole rings is 1. The molecule has 3 aromatic rings. The second-order valence-electron chi connectivity index (χ2n) is 5.65. The molecule has 2 heterocycles. The van der Waals surface area contributed by atoms with Crippen LogP contribution in [0.5, 0.6) is 5.75 Å². The third-order valence-corrected chi connectivity index (χ3v) is 5.21. The van der Waals surface area contributed by atoms with Crippen molar-refractivity contribution in [1.82, 2.24) is 10.3 Å². The summed E-state index contributed by atoms with van der Waals surface area (Å²) in [4.78, 5) is 17.2. The Morgan fingerprint density at radius 1 is 1.29 bits per heavy atom. The monoisotopic (exact) mass is 339 g/mol. The fraction of sp³-hybridized carbons (Fsp3) is 0.222. The lowest BCUT2D eigenvalue weighted by Gasteiger charge is -2.19. The number of benzene rings is 2. The Balaban J connectivity index is 1.65. The highest BCUT2D eigenvalue weighted by Crippen LogP contribution is 2.33. The topological polar surface area (TPSA) is 63.2 Å². The molecule has 0 spiro atoms. The van der Waals surface area contributed by atoms with E-state index in [2.05, 4.69) is 21.7 Å². The quantitative estimate of drug-likeness (QED) is 0.769. The van der Waals surface area contributed by atoms with Crippen molar-refractivity contribution in [2.45, 2.75) is 13.0 Å². The lowest BCUT2D eigenvalue weighted by Crippen LogP contribution is -2.27. The molecule has 6 heteroatoms. The molecule has 1 aromatic heterocycles. The summed E-state index contributed by atoms with van der Waals surface area (Å²) in [5.41, 5.74) is 3.87. The summed E-state index contributed by atoms with van der Waals surface area (Å²) in [5.74, 6) is 0.653. The van der Waals surface area contributed by atoms with Crippen LogP contribution in [0.4, 0.5) is 5.13 Å². The van der Waals surface area contributed by atoms with Gasteiger partial charge in [0.15, 0.2) is 5.13 Å². The number of rotatable bonds is 3. The van der Waals surface area contributed by atoms with Gasteiger partial charge in [-0.1, -0.05) is 29.5 Å². The molecular weight excluding hydrogens is 322 g/mol. The molecule has 2 aromatic carbocycles. The van der Waals surface area contributed by atoms with Crippen molar-refractivity contribution in [3.63, 3.8) is 0 Å². The molecular formula is C18H17N3O2S. The first kappa shape index (κ1) is 15.1. The number of nitrogens with one attached hydrogen (secondary N) is 2. The van der Waals surface area contributed by atoms with E-state index in [1.165, 1.54) is 16.9 Å². The number of ether oxygens (including phenoxy) is 1. The van der Waals surface area contributed by atoms with E-state index in [1.807, 2.05) is 30.3 Å². The molecule has 1 amide bonds. The maximum Gasteiger partial charge on any atom is 0.257 e. The summed E-state index contributed by atoms with van der Waals surface area (Å²) in [5, 5.41) is 6.85. The van der Waals surface area contributed by atoms with Crippen molar-refractivity contribution in [3.05, 3.63) is 53.1 Å². The van der Waals surface area contributed by atoms with Crippen molar-refractivity contribution in [2.75, 3.05) is 19.0 Å². The second kappa shape index (κ2) is 6.22. The third-order valence-electron chi connectivity index (χ3n) is 4.21. The minimum Gasteiger partial charge on any atom is -0.495 e. The number of fused-ring (bicyclic) bond motifs is 2. The Bertz CT molecular complexity index is 920. The maximum absolute atomic E-state index is 12.7. The van der Waals surface area contributed by atoms with Gasteiger partial charge in [0.2, 0.25) is 0 Å². The van der Waals surface area contributed by atoms with E-state index in [1.54, 1.807) is 7.11 Å². The van der Waals surface area contributed by atoms with Gasteiger partial charge in [-0.05, 0) is 42.3 Å². The van der Waals surface area contributed by atoms with Crippen LogP contribution >= 0.6 is 11.3 Å². The minimum absolute atomic E-state index is 0.117.